The number of aromatic hydroxyl groups is 1. The molecule has 3 heteroatoms. The average Bonchev–Trinajstić information content (AvgIpc) is 2.37. The van der Waals surface area contributed by atoms with E-state index in [1.54, 1.807) is 0 Å². The summed E-state index contributed by atoms with van der Waals surface area (Å²) in [4.78, 5) is 2.31. The van der Waals surface area contributed by atoms with E-state index in [1.165, 1.54) is 25.7 Å². The zero-order chi connectivity index (χ0) is 14.9. The van der Waals surface area contributed by atoms with Gasteiger partial charge >= 0.3 is 0 Å². The Hall–Kier alpha value is -1.22. The highest BCUT2D eigenvalue weighted by molar-refractivity contribution is 5.54. The number of rotatable bonds is 3. The molecule has 1 unspecified atom stereocenters. The third-order valence-corrected chi connectivity index (χ3v) is 4.77. The van der Waals surface area contributed by atoms with E-state index in [0.717, 1.165) is 11.3 Å². The number of nitrogens with two attached hydrogens (primary N) is 1. The van der Waals surface area contributed by atoms with E-state index in [-0.39, 0.29) is 6.04 Å². The Balaban J connectivity index is 2.10. The highest BCUT2D eigenvalue weighted by Crippen LogP contribution is 2.38. The summed E-state index contributed by atoms with van der Waals surface area (Å²) in [6, 6.07) is 6.29. The Morgan fingerprint density at radius 3 is 2.40 bits per heavy atom. The molecule has 112 valence electrons. The number of hydrogen-bond acceptors (Lipinski definition) is 3. The molecule has 0 amide bonds. The van der Waals surface area contributed by atoms with Gasteiger partial charge in [-0.3, -0.25) is 0 Å². The van der Waals surface area contributed by atoms with Crippen molar-refractivity contribution in [2.75, 3.05) is 11.9 Å². The van der Waals surface area contributed by atoms with Crippen molar-refractivity contribution in [3.05, 3.63) is 23.8 Å². The van der Waals surface area contributed by atoms with Crippen LogP contribution < -0.4 is 10.6 Å². The van der Waals surface area contributed by atoms with Gasteiger partial charge in [0.1, 0.15) is 5.75 Å². The van der Waals surface area contributed by atoms with Crippen LogP contribution in [0.1, 0.15) is 58.1 Å². The fourth-order valence-corrected chi connectivity index (χ4v) is 3.12. The summed E-state index contributed by atoms with van der Waals surface area (Å²) in [6.07, 6.45) is 4.98. The van der Waals surface area contributed by atoms with E-state index >= 15 is 0 Å². The zero-order valence-electron chi connectivity index (χ0n) is 13.2. The molecule has 0 aliphatic heterocycles. The second kappa shape index (κ2) is 5.65. The maximum Gasteiger partial charge on any atom is 0.122 e. The topological polar surface area (TPSA) is 49.5 Å². The average molecular weight is 276 g/mol. The molecule has 1 saturated carbocycles. The number of anilines is 1. The van der Waals surface area contributed by atoms with Crippen molar-refractivity contribution in [1.29, 1.82) is 0 Å². The largest absolute Gasteiger partial charge is 0.508 e. The summed E-state index contributed by atoms with van der Waals surface area (Å²) in [6.45, 7) is 6.60. The summed E-state index contributed by atoms with van der Waals surface area (Å²) in [5.74, 6) is 0.306. The maximum atomic E-state index is 10.1. The molecule has 0 aromatic heterocycles. The predicted octanol–water partition coefficient (Wildman–Crippen LogP) is 3.82. The molecule has 1 atom stereocenters. The van der Waals surface area contributed by atoms with Crippen molar-refractivity contribution in [3.8, 4) is 5.75 Å². The van der Waals surface area contributed by atoms with Crippen LogP contribution >= 0.6 is 0 Å². The van der Waals surface area contributed by atoms with Crippen molar-refractivity contribution in [1.82, 2.24) is 0 Å². The second-order valence-corrected chi connectivity index (χ2v) is 7.04. The maximum absolute atomic E-state index is 10.1. The Labute approximate surface area is 122 Å². The highest BCUT2D eigenvalue weighted by atomic mass is 16.3. The van der Waals surface area contributed by atoms with E-state index < -0.39 is 0 Å². The fourth-order valence-electron chi connectivity index (χ4n) is 3.12. The Morgan fingerprint density at radius 2 is 1.90 bits per heavy atom. The van der Waals surface area contributed by atoms with Crippen LogP contribution in [-0.4, -0.2) is 18.2 Å². The minimum atomic E-state index is -0.134. The van der Waals surface area contributed by atoms with Crippen molar-refractivity contribution < 1.29 is 5.11 Å². The van der Waals surface area contributed by atoms with E-state index in [4.69, 9.17) is 5.73 Å². The van der Waals surface area contributed by atoms with Crippen molar-refractivity contribution in [2.24, 2.45) is 11.1 Å². The Morgan fingerprint density at radius 1 is 1.30 bits per heavy atom. The van der Waals surface area contributed by atoms with Gasteiger partial charge in [-0.15, -0.1) is 0 Å². The summed E-state index contributed by atoms with van der Waals surface area (Å²) in [7, 11) is 2.13. The van der Waals surface area contributed by atoms with E-state index in [1.807, 2.05) is 19.1 Å². The number of benzene rings is 1. The molecular formula is C17H28N2O. The molecule has 0 spiro atoms. The van der Waals surface area contributed by atoms with Crippen molar-refractivity contribution >= 4 is 5.69 Å². The molecule has 0 radical (unpaired) electrons. The number of hydrogen-bond donors (Lipinski definition) is 2. The van der Waals surface area contributed by atoms with Crippen molar-refractivity contribution in [2.45, 2.75) is 58.5 Å². The van der Waals surface area contributed by atoms with Gasteiger partial charge in [-0.2, -0.15) is 0 Å². The fraction of sp³-hybridized carbons (Fsp3) is 0.647. The monoisotopic (exact) mass is 276 g/mol. The quantitative estimate of drug-likeness (QED) is 0.882. The highest BCUT2D eigenvalue weighted by Gasteiger charge is 2.29. The van der Waals surface area contributed by atoms with Crippen LogP contribution in [0.2, 0.25) is 0 Å². The van der Waals surface area contributed by atoms with Crippen LogP contribution in [0.4, 0.5) is 5.69 Å². The molecule has 1 aromatic rings. The lowest BCUT2D eigenvalue weighted by Gasteiger charge is -2.39. The Kier molecular flexibility index (Phi) is 4.28. The Bertz CT molecular complexity index is 458. The molecule has 0 bridgehead atoms. The first kappa shape index (κ1) is 15.2. The molecule has 20 heavy (non-hydrogen) atoms. The molecule has 1 fully saturated rings. The lowest BCUT2D eigenvalue weighted by atomic mass is 9.75. The lowest BCUT2D eigenvalue weighted by molar-refractivity contribution is 0.222. The van der Waals surface area contributed by atoms with Gasteiger partial charge in [0, 0.05) is 36.4 Å². The van der Waals surface area contributed by atoms with Crippen LogP contribution in [0.25, 0.3) is 0 Å². The van der Waals surface area contributed by atoms with Gasteiger partial charge in [-0.25, -0.2) is 0 Å². The van der Waals surface area contributed by atoms with Crippen LogP contribution in [0, 0.1) is 5.41 Å². The zero-order valence-corrected chi connectivity index (χ0v) is 13.2. The van der Waals surface area contributed by atoms with Gasteiger partial charge in [0.2, 0.25) is 0 Å². The first-order valence-electron chi connectivity index (χ1n) is 7.61. The van der Waals surface area contributed by atoms with Crippen LogP contribution in [0.3, 0.4) is 0 Å². The summed E-state index contributed by atoms with van der Waals surface area (Å²) in [5.41, 5.74) is 8.22. The van der Waals surface area contributed by atoms with E-state index in [2.05, 4.69) is 31.9 Å². The molecule has 1 aliphatic carbocycles. The standard InChI is InChI=1S/C17H28N2O/c1-12(18)15-6-5-14(11-16(15)20)19(4)13-7-9-17(2,3)10-8-13/h5-6,11-13,20H,7-10,18H2,1-4H3. The molecule has 2 rings (SSSR count). The minimum absolute atomic E-state index is 0.134. The van der Waals surface area contributed by atoms with Crippen LogP contribution in [0.15, 0.2) is 18.2 Å². The molecular weight excluding hydrogens is 248 g/mol. The molecule has 0 saturated heterocycles. The van der Waals surface area contributed by atoms with Gasteiger partial charge in [0.15, 0.2) is 0 Å². The molecule has 1 aromatic carbocycles. The summed E-state index contributed by atoms with van der Waals surface area (Å²) >= 11 is 0. The normalized spacial score (nSPS) is 20.6. The van der Waals surface area contributed by atoms with Gasteiger partial charge in [0.05, 0.1) is 0 Å². The molecule has 1 aliphatic rings. The molecule has 3 N–H and O–H groups in total. The van der Waals surface area contributed by atoms with Gasteiger partial charge < -0.3 is 15.7 Å². The van der Waals surface area contributed by atoms with Crippen LogP contribution in [-0.2, 0) is 0 Å². The number of nitrogens with zero attached hydrogens (tertiary/aromatic N) is 1. The first-order valence-corrected chi connectivity index (χ1v) is 7.61. The van der Waals surface area contributed by atoms with Gasteiger partial charge in [0.25, 0.3) is 0 Å². The minimum Gasteiger partial charge on any atom is -0.508 e. The number of phenolic OH excluding ortho intramolecular Hbond substituents is 1. The molecule has 0 heterocycles. The lowest BCUT2D eigenvalue weighted by Crippen LogP contribution is -2.37. The summed E-state index contributed by atoms with van der Waals surface area (Å²) < 4.78 is 0. The summed E-state index contributed by atoms with van der Waals surface area (Å²) in [5, 5.41) is 10.1. The van der Waals surface area contributed by atoms with Gasteiger partial charge in [-0.1, -0.05) is 19.9 Å². The third-order valence-electron chi connectivity index (χ3n) is 4.77. The first-order chi connectivity index (χ1) is 9.30. The van der Waals surface area contributed by atoms with Gasteiger partial charge in [-0.05, 0) is 44.1 Å². The second-order valence-electron chi connectivity index (χ2n) is 7.04. The van der Waals surface area contributed by atoms with E-state index in [0.29, 0.717) is 17.2 Å². The number of phenols is 1. The van der Waals surface area contributed by atoms with E-state index in [9.17, 15) is 5.11 Å². The van der Waals surface area contributed by atoms with Crippen molar-refractivity contribution in [3.63, 3.8) is 0 Å². The smallest absolute Gasteiger partial charge is 0.122 e. The predicted molar refractivity (Wildman–Crippen MR) is 85.1 cm³/mol. The molecule has 3 nitrogen and oxygen atoms in total. The van der Waals surface area contributed by atoms with Crippen LogP contribution in [0.5, 0.6) is 5.75 Å². The third kappa shape index (κ3) is 3.26. The SMILES string of the molecule is CC(N)c1ccc(N(C)C2CCC(C)(C)CC2)cc1O.